The van der Waals surface area contributed by atoms with Crippen LogP contribution in [0.5, 0.6) is 0 Å². The van der Waals surface area contributed by atoms with Gasteiger partial charge in [-0.1, -0.05) is 20.3 Å². The first-order valence-corrected chi connectivity index (χ1v) is 5.59. The van der Waals surface area contributed by atoms with E-state index in [1.165, 1.54) is 4.57 Å². The Kier molecular flexibility index (Phi) is 2.96. The molecule has 0 bridgehead atoms. The molecule has 2 N–H and O–H groups in total. The Labute approximate surface area is 94.2 Å². The molecule has 0 aliphatic carbocycles. The summed E-state index contributed by atoms with van der Waals surface area (Å²) in [4.78, 5) is 15.4. The molecule has 0 saturated carbocycles. The number of aromatic nitrogens is 2. The van der Waals surface area contributed by atoms with Crippen LogP contribution in [0.1, 0.15) is 26.5 Å². The number of anilines is 1. The molecular weight excluding hydrogens is 206 g/mol. The Bertz CT molecular complexity index is 429. The van der Waals surface area contributed by atoms with Crippen LogP contribution in [0.4, 0.5) is 5.82 Å². The zero-order chi connectivity index (χ0) is 11.7. The van der Waals surface area contributed by atoms with Crippen molar-refractivity contribution >= 4 is 5.82 Å². The van der Waals surface area contributed by atoms with Gasteiger partial charge < -0.3 is 10.5 Å². The molecule has 2 heterocycles. The molecule has 1 saturated heterocycles. The van der Waals surface area contributed by atoms with Crippen LogP contribution in [-0.2, 0) is 4.74 Å². The summed E-state index contributed by atoms with van der Waals surface area (Å²) < 4.78 is 7.18. The number of rotatable bonds is 2. The molecule has 5 heteroatoms. The third-order valence-corrected chi connectivity index (χ3v) is 3.32. The van der Waals surface area contributed by atoms with E-state index in [1.807, 2.05) is 0 Å². The second-order valence-electron chi connectivity index (χ2n) is 4.29. The third kappa shape index (κ3) is 1.82. The number of nitrogens with two attached hydrogens (primary N) is 1. The van der Waals surface area contributed by atoms with E-state index >= 15 is 0 Å². The molecule has 1 aliphatic rings. The van der Waals surface area contributed by atoms with Crippen LogP contribution in [0.2, 0.25) is 0 Å². The van der Waals surface area contributed by atoms with Crippen molar-refractivity contribution in [3.63, 3.8) is 0 Å². The first-order chi connectivity index (χ1) is 7.63. The smallest absolute Gasteiger partial charge is 0.351 e. The summed E-state index contributed by atoms with van der Waals surface area (Å²) in [7, 11) is 0. The van der Waals surface area contributed by atoms with Crippen molar-refractivity contribution in [2.75, 3.05) is 12.3 Å². The maximum atomic E-state index is 11.7. The summed E-state index contributed by atoms with van der Waals surface area (Å²) in [5.74, 6) is 1.08. The van der Waals surface area contributed by atoms with Crippen molar-refractivity contribution in [1.29, 1.82) is 0 Å². The monoisotopic (exact) mass is 223 g/mol. The molecule has 0 amide bonds. The Balaban J connectivity index is 2.29. The molecule has 16 heavy (non-hydrogen) atoms. The molecule has 0 spiro atoms. The third-order valence-electron chi connectivity index (χ3n) is 3.32. The van der Waals surface area contributed by atoms with Gasteiger partial charge in [0.15, 0.2) is 0 Å². The number of nitrogen functional groups attached to an aromatic ring is 1. The number of hydrogen-bond acceptors (Lipinski definition) is 4. The number of nitrogens with zero attached hydrogens (tertiary/aromatic N) is 2. The summed E-state index contributed by atoms with van der Waals surface area (Å²) in [6, 6.07) is 1.62. The SMILES string of the molecule is CCC1COC(n2ccc(N)nc2=O)C1C. The minimum absolute atomic E-state index is 0.203. The Morgan fingerprint density at radius 1 is 1.69 bits per heavy atom. The van der Waals surface area contributed by atoms with E-state index in [1.54, 1.807) is 12.3 Å². The minimum atomic E-state index is -0.339. The lowest BCUT2D eigenvalue weighted by molar-refractivity contribution is 0.0327. The van der Waals surface area contributed by atoms with Gasteiger partial charge in [0.1, 0.15) is 12.0 Å². The second-order valence-corrected chi connectivity index (χ2v) is 4.29. The quantitative estimate of drug-likeness (QED) is 0.812. The minimum Gasteiger partial charge on any atom is -0.383 e. The second kappa shape index (κ2) is 4.25. The van der Waals surface area contributed by atoms with Crippen LogP contribution < -0.4 is 11.4 Å². The van der Waals surface area contributed by atoms with Crippen LogP contribution >= 0.6 is 0 Å². The normalized spacial score (nSPS) is 29.5. The van der Waals surface area contributed by atoms with E-state index in [-0.39, 0.29) is 17.7 Å². The molecule has 1 aromatic heterocycles. The van der Waals surface area contributed by atoms with Crippen molar-refractivity contribution in [2.45, 2.75) is 26.5 Å². The van der Waals surface area contributed by atoms with Crippen molar-refractivity contribution in [3.05, 3.63) is 22.7 Å². The largest absolute Gasteiger partial charge is 0.383 e. The van der Waals surface area contributed by atoms with Crippen molar-refractivity contribution in [3.8, 4) is 0 Å². The molecule has 0 radical (unpaired) electrons. The highest BCUT2D eigenvalue weighted by Crippen LogP contribution is 2.34. The highest BCUT2D eigenvalue weighted by atomic mass is 16.5. The fraction of sp³-hybridized carbons (Fsp3) is 0.636. The molecule has 88 valence electrons. The van der Waals surface area contributed by atoms with Gasteiger partial charge in [-0.15, -0.1) is 0 Å². The highest BCUT2D eigenvalue weighted by molar-refractivity contribution is 5.23. The summed E-state index contributed by atoms with van der Waals surface area (Å²) in [5.41, 5.74) is 5.11. The predicted molar refractivity (Wildman–Crippen MR) is 60.8 cm³/mol. The maximum Gasteiger partial charge on any atom is 0.351 e. The first kappa shape index (κ1) is 11.1. The van der Waals surface area contributed by atoms with Gasteiger partial charge in [0, 0.05) is 12.1 Å². The Hall–Kier alpha value is -1.36. The fourth-order valence-corrected chi connectivity index (χ4v) is 2.20. The lowest BCUT2D eigenvalue weighted by Crippen LogP contribution is -2.29. The predicted octanol–water partition coefficient (Wildman–Crippen LogP) is 1.02. The zero-order valence-electron chi connectivity index (χ0n) is 9.59. The van der Waals surface area contributed by atoms with Crippen LogP contribution in [0.15, 0.2) is 17.1 Å². The van der Waals surface area contributed by atoms with Crippen molar-refractivity contribution in [2.24, 2.45) is 11.8 Å². The molecule has 1 aliphatic heterocycles. The molecule has 3 unspecified atom stereocenters. The van der Waals surface area contributed by atoms with E-state index in [4.69, 9.17) is 10.5 Å². The molecular formula is C11H17N3O2. The van der Waals surface area contributed by atoms with Gasteiger partial charge in [-0.05, 0) is 12.0 Å². The van der Waals surface area contributed by atoms with Crippen LogP contribution in [0, 0.1) is 11.8 Å². The molecule has 1 fully saturated rings. The molecule has 0 aromatic carbocycles. The average Bonchev–Trinajstić information content (AvgIpc) is 2.60. The lowest BCUT2D eigenvalue weighted by Gasteiger charge is -2.19. The summed E-state index contributed by atoms with van der Waals surface area (Å²) in [5, 5.41) is 0. The zero-order valence-corrected chi connectivity index (χ0v) is 9.59. The van der Waals surface area contributed by atoms with Crippen molar-refractivity contribution in [1.82, 2.24) is 9.55 Å². The van der Waals surface area contributed by atoms with Gasteiger partial charge in [-0.3, -0.25) is 4.57 Å². The first-order valence-electron chi connectivity index (χ1n) is 5.59. The summed E-state index contributed by atoms with van der Waals surface area (Å²) in [6.45, 7) is 4.95. The van der Waals surface area contributed by atoms with E-state index in [0.717, 1.165) is 6.42 Å². The van der Waals surface area contributed by atoms with Gasteiger partial charge >= 0.3 is 5.69 Å². The van der Waals surface area contributed by atoms with Gasteiger partial charge in [-0.25, -0.2) is 4.79 Å². The van der Waals surface area contributed by atoms with Gasteiger partial charge in [0.25, 0.3) is 0 Å². The maximum absolute atomic E-state index is 11.7. The number of ether oxygens (including phenoxy) is 1. The molecule has 2 rings (SSSR count). The Morgan fingerprint density at radius 2 is 2.44 bits per heavy atom. The van der Waals surface area contributed by atoms with E-state index in [0.29, 0.717) is 18.4 Å². The summed E-state index contributed by atoms with van der Waals surface area (Å²) >= 11 is 0. The fourth-order valence-electron chi connectivity index (χ4n) is 2.20. The van der Waals surface area contributed by atoms with Gasteiger partial charge in [0.2, 0.25) is 0 Å². The van der Waals surface area contributed by atoms with Crippen molar-refractivity contribution < 1.29 is 4.74 Å². The molecule has 5 nitrogen and oxygen atoms in total. The number of hydrogen-bond donors (Lipinski definition) is 1. The Morgan fingerprint density at radius 3 is 3.00 bits per heavy atom. The van der Waals surface area contributed by atoms with E-state index in [2.05, 4.69) is 18.8 Å². The molecule has 3 atom stereocenters. The van der Waals surface area contributed by atoms with Crippen LogP contribution in [0.25, 0.3) is 0 Å². The average molecular weight is 223 g/mol. The van der Waals surface area contributed by atoms with E-state index in [9.17, 15) is 4.79 Å². The molecule has 1 aromatic rings. The van der Waals surface area contributed by atoms with Gasteiger partial charge in [-0.2, -0.15) is 4.98 Å². The highest BCUT2D eigenvalue weighted by Gasteiger charge is 2.34. The summed E-state index contributed by atoms with van der Waals surface area (Å²) in [6.07, 6.45) is 2.52. The van der Waals surface area contributed by atoms with Gasteiger partial charge in [0.05, 0.1) is 6.61 Å². The standard InChI is InChI=1S/C11H17N3O2/c1-3-8-6-16-10(7(8)2)14-5-4-9(12)13-11(14)15/h4-5,7-8,10H,3,6H2,1-2H3,(H2,12,13,15). The van der Waals surface area contributed by atoms with Crippen LogP contribution in [-0.4, -0.2) is 16.2 Å². The van der Waals surface area contributed by atoms with E-state index < -0.39 is 0 Å². The topological polar surface area (TPSA) is 70.1 Å². The lowest BCUT2D eigenvalue weighted by atomic mass is 9.93. The van der Waals surface area contributed by atoms with Crippen LogP contribution in [0.3, 0.4) is 0 Å².